The van der Waals surface area contributed by atoms with E-state index in [0.717, 1.165) is 22.1 Å². The van der Waals surface area contributed by atoms with Gasteiger partial charge in [0.15, 0.2) is 23.3 Å². The zero-order valence-corrected chi connectivity index (χ0v) is 15.2. The molecule has 0 saturated heterocycles. The van der Waals surface area contributed by atoms with Crippen molar-refractivity contribution in [3.63, 3.8) is 0 Å². The molecule has 0 aliphatic carbocycles. The molecule has 0 saturated carbocycles. The highest BCUT2D eigenvalue weighted by Gasteiger charge is 2.19. The number of para-hydroxylation sites is 4. The van der Waals surface area contributed by atoms with Crippen molar-refractivity contribution >= 4 is 33.7 Å². The molecule has 0 atom stereocenters. The summed E-state index contributed by atoms with van der Waals surface area (Å²) in [6, 6.07) is 18.9. The average Bonchev–Trinajstić information content (AvgIpc) is 3.41. The van der Waals surface area contributed by atoms with Gasteiger partial charge in [-0.15, -0.1) is 0 Å². The second kappa shape index (κ2) is 6.06. The Labute approximate surface area is 164 Å². The quantitative estimate of drug-likeness (QED) is 0.239. The first-order valence-corrected chi connectivity index (χ1v) is 8.88. The molecule has 0 spiro atoms. The van der Waals surface area contributed by atoms with Crippen LogP contribution in [0.5, 0.6) is 0 Å². The van der Waals surface area contributed by atoms with Crippen LogP contribution in [0.25, 0.3) is 33.7 Å². The van der Waals surface area contributed by atoms with Crippen LogP contribution in [0.2, 0.25) is 0 Å². The van der Waals surface area contributed by atoms with E-state index < -0.39 is 0 Å². The SMILES string of the molecule is N=C(N)c1nc2ccccc2n1-c1ccc(-n2c(C(=N)N)nc3ccccc32)[nH]1. The van der Waals surface area contributed by atoms with E-state index in [-0.39, 0.29) is 11.7 Å². The summed E-state index contributed by atoms with van der Waals surface area (Å²) in [5.74, 6) is 1.81. The zero-order chi connectivity index (χ0) is 20.1. The summed E-state index contributed by atoms with van der Waals surface area (Å²) in [5, 5.41) is 15.8. The van der Waals surface area contributed by atoms with E-state index >= 15 is 0 Å². The molecule has 5 aromatic rings. The first-order chi connectivity index (χ1) is 14.0. The summed E-state index contributed by atoms with van der Waals surface area (Å²) >= 11 is 0. The molecule has 9 heteroatoms. The standard InChI is InChI=1S/C20H17N9/c21-17(22)19-25-11-5-1-3-7-13(11)28(19)15-9-10-16(27-15)29-14-8-4-2-6-12(14)26-20(29)18(23)24/h1-10,27H,(H3,21,22)(H3,23,24). The van der Waals surface area contributed by atoms with Crippen LogP contribution in [-0.2, 0) is 0 Å². The monoisotopic (exact) mass is 383 g/mol. The number of H-pyrrole nitrogens is 1. The van der Waals surface area contributed by atoms with Crippen LogP contribution in [0, 0.1) is 10.8 Å². The Morgan fingerprint density at radius 1 is 0.690 bits per heavy atom. The van der Waals surface area contributed by atoms with Crippen LogP contribution in [-0.4, -0.2) is 35.8 Å². The van der Waals surface area contributed by atoms with Crippen LogP contribution in [0.15, 0.2) is 60.7 Å². The summed E-state index contributed by atoms with van der Waals surface area (Å²) in [4.78, 5) is 12.3. The van der Waals surface area contributed by atoms with Gasteiger partial charge in [0.25, 0.3) is 0 Å². The van der Waals surface area contributed by atoms with Crippen LogP contribution in [0.3, 0.4) is 0 Å². The second-order valence-electron chi connectivity index (χ2n) is 6.58. The van der Waals surface area contributed by atoms with E-state index in [1.54, 1.807) is 9.13 Å². The molecule has 0 radical (unpaired) electrons. The molecule has 3 heterocycles. The molecule has 3 aromatic heterocycles. The van der Waals surface area contributed by atoms with E-state index in [1.165, 1.54) is 0 Å². The van der Waals surface area contributed by atoms with Crippen molar-refractivity contribution in [2.75, 3.05) is 0 Å². The molecule has 0 amide bonds. The van der Waals surface area contributed by atoms with Gasteiger partial charge in [-0.05, 0) is 36.4 Å². The molecule has 7 N–H and O–H groups in total. The highest BCUT2D eigenvalue weighted by atomic mass is 15.2. The van der Waals surface area contributed by atoms with Gasteiger partial charge >= 0.3 is 0 Å². The number of nitrogen functional groups attached to an aromatic ring is 2. The predicted molar refractivity (Wildman–Crippen MR) is 112 cm³/mol. The molecule has 0 aliphatic heterocycles. The molecule has 29 heavy (non-hydrogen) atoms. The zero-order valence-electron chi connectivity index (χ0n) is 15.2. The predicted octanol–water partition coefficient (Wildman–Crippen LogP) is 2.26. The lowest BCUT2D eigenvalue weighted by Crippen LogP contribution is -2.18. The number of rotatable bonds is 4. The lowest BCUT2D eigenvalue weighted by atomic mass is 10.3. The molecule has 5 rings (SSSR count). The Hall–Kier alpha value is -4.40. The lowest BCUT2D eigenvalue weighted by Gasteiger charge is -2.08. The van der Waals surface area contributed by atoms with Crippen molar-refractivity contribution in [1.29, 1.82) is 10.8 Å². The van der Waals surface area contributed by atoms with E-state index in [1.807, 2.05) is 60.7 Å². The van der Waals surface area contributed by atoms with Crippen molar-refractivity contribution in [2.45, 2.75) is 0 Å². The van der Waals surface area contributed by atoms with Crippen LogP contribution >= 0.6 is 0 Å². The van der Waals surface area contributed by atoms with Gasteiger partial charge in [0.05, 0.1) is 22.1 Å². The van der Waals surface area contributed by atoms with Gasteiger partial charge < -0.3 is 16.5 Å². The summed E-state index contributed by atoms with van der Waals surface area (Å²) < 4.78 is 3.60. The smallest absolute Gasteiger partial charge is 0.181 e. The number of benzene rings is 2. The third kappa shape index (κ3) is 2.48. The number of hydrogen-bond acceptors (Lipinski definition) is 4. The summed E-state index contributed by atoms with van der Waals surface area (Å²) in [6.45, 7) is 0. The fourth-order valence-electron chi connectivity index (χ4n) is 3.53. The normalized spacial score (nSPS) is 11.3. The topological polar surface area (TPSA) is 151 Å². The van der Waals surface area contributed by atoms with Crippen LogP contribution < -0.4 is 11.5 Å². The fourth-order valence-corrected chi connectivity index (χ4v) is 3.53. The van der Waals surface area contributed by atoms with Gasteiger partial charge in [-0.1, -0.05) is 24.3 Å². The van der Waals surface area contributed by atoms with E-state index in [4.69, 9.17) is 22.3 Å². The van der Waals surface area contributed by atoms with Crippen molar-refractivity contribution in [2.24, 2.45) is 11.5 Å². The minimum Gasteiger partial charge on any atom is -0.381 e. The number of hydrogen-bond donors (Lipinski definition) is 5. The van der Waals surface area contributed by atoms with Crippen molar-refractivity contribution < 1.29 is 0 Å². The molecule has 2 aromatic carbocycles. The number of aromatic amines is 1. The molecule has 9 nitrogen and oxygen atoms in total. The van der Waals surface area contributed by atoms with Gasteiger partial charge in [0.1, 0.15) is 11.6 Å². The van der Waals surface area contributed by atoms with Gasteiger partial charge in [-0.3, -0.25) is 20.0 Å². The summed E-state index contributed by atoms with van der Waals surface area (Å²) in [5.41, 5.74) is 14.7. The van der Waals surface area contributed by atoms with E-state index in [9.17, 15) is 0 Å². The minimum absolute atomic E-state index is 0.130. The third-order valence-corrected chi connectivity index (χ3v) is 4.74. The van der Waals surface area contributed by atoms with Crippen LogP contribution in [0.4, 0.5) is 0 Å². The minimum atomic E-state index is -0.130. The maximum Gasteiger partial charge on any atom is 0.181 e. The number of amidine groups is 2. The van der Waals surface area contributed by atoms with Gasteiger partial charge in [-0.25, -0.2) is 9.97 Å². The van der Waals surface area contributed by atoms with Gasteiger partial charge in [-0.2, -0.15) is 0 Å². The first-order valence-electron chi connectivity index (χ1n) is 8.88. The largest absolute Gasteiger partial charge is 0.381 e. The van der Waals surface area contributed by atoms with Crippen molar-refractivity contribution in [3.05, 3.63) is 72.3 Å². The third-order valence-electron chi connectivity index (χ3n) is 4.74. The molecule has 0 fully saturated rings. The Bertz CT molecular complexity index is 1310. The number of nitrogens with zero attached hydrogens (tertiary/aromatic N) is 4. The number of nitrogens with one attached hydrogen (secondary N) is 3. The average molecular weight is 383 g/mol. The molecular weight excluding hydrogens is 366 g/mol. The van der Waals surface area contributed by atoms with E-state index in [2.05, 4.69) is 15.0 Å². The summed E-state index contributed by atoms with van der Waals surface area (Å²) in [7, 11) is 0. The molecular formula is C20H17N9. The Balaban J connectivity index is 1.75. The molecule has 0 aliphatic rings. The van der Waals surface area contributed by atoms with E-state index in [0.29, 0.717) is 23.3 Å². The number of aromatic nitrogens is 5. The second-order valence-corrected chi connectivity index (χ2v) is 6.58. The lowest BCUT2D eigenvalue weighted by molar-refractivity contribution is 0.968. The van der Waals surface area contributed by atoms with Gasteiger partial charge in [0.2, 0.25) is 0 Å². The number of nitrogens with two attached hydrogens (primary N) is 2. The highest BCUT2D eigenvalue weighted by Crippen LogP contribution is 2.25. The Kier molecular flexibility index (Phi) is 3.50. The van der Waals surface area contributed by atoms with Crippen molar-refractivity contribution in [3.8, 4) is 11.6 Å². The number of imidazole rings is 2. The number of fused-ring (bicyclic) bond motifs is 2. The highest BCUT2D eigenvalue weighted by molar-refractivity contribution is 5.97. The molecule has 142 valence electrons. The Morgan fingerprint density at radius 3 is 1.52 bits per heavy atom. The molecule has 0 unspecified atom stereocenters. The fraction of sp³-hybridized carbons (Fsp3) is 0. The molecule has 0 bridgehead atoms. The first kappa shape index (κ1) is 16.8. The Morgan fingerprint density at radius 2 is 1.10 bits per heavy atom. The van der Waals surface area contributed by atoms with Gasteiger partial charge in [0, 0.05) is 0 Å². The van der Waals surface area contributed by atoms with Crippen molar-refractivity contribution in [1.82, 2.24) is 24.1 Å². The van der Waals surface area contributed by atoms with Crippen LogP contribution in [0.1, 0.15) is 11.6 Å². The maximum atomic E-state index is 7.92. The summed E-state index contributed by atoms with van der Waals surface area (Å²) in [6.07, 6.45) is 0. The maximum absolute atomic E-state index is 7.92.